The van der Waals surface area contributed by atoms with Crippen molar-refractivity contribution in [3.8, 4) is 5.75 Å². The highest BCUT2D eigenvalue weighted by molar-refractivity contribution is 5.75. The Balaban J connectivity index is 2.04. The van der Waals surface area contributed by atoms with Crippen molar-refractivity contribution in [3.05, 3.63) is 77.9 Å². The summed E-state index contributed by atoms with van der Waals surface area (Å²) in [6.45, 7) is 8.92. The van der Waals surface area contributed by atoms with Crippen LogP contribution in [0.2, 0.25) is 0 Å². The van der Waals surface area contributed by atoms with Crippen molar-refractivity contribution in [2.24, 2.45) is 0 Å². The molecule has 0 fully saturated rings. The number of nitrogens with one attached hydrogen (secondary N) is 1. The number of ether oxygens (including phenoxy) is 1. The fraction of sp³-hybridized carbons (Fsp3) is 0.318. The Bertz CT molecular complexity index is 728. The van der Waals surface area contributed by atoms with E-state index in [-0.39, 0.29) is 12.1 Å². The number of carbonyl (C=O) groups is 1. The van der Waals surface area contributed by atoms with Gasteiger partial charge in [-0.05, 0) is 31.9 Å². The van der Waals surface area contributed by atoms with Gasteiger partial charge in [0.05, 0.1) is 13.2 Å². The molecule has 26 heavy (non-hydrogen) atoms. The van der Waals surface area contributed by atoms with Gasteiger partial charge in [0.25, 0.3) is 0 Å². The maximum Gasteiger partial charge on any atom is 0.318 e. The molecule has 1 unspecified atom stereocenters. The third kappa shape index (κ3) is 5.38. The number of rotatable bonds is 8. The van der Waals surface area contributed by atoms with Crippen molar-refractivity contribution < 1.29 is 9.53 Å². The van der Waals surface area contributed by atoms with Crippen LogP contribution in [-0.2, 0) is 6.42 Å². The number of benzene rings is 2. The molecule has 2 aromatic carbocycles. The summed E-state index contributed by atoms with van der Waals surface area (Å²) in [5.74, 6) is 0.781. The van der Waals surface area contributed by atoms with Gasteiger partial charge in [-0.1, -0.05) is 54.1 Å². The number of methoxy groups -OCH3 is 1. The minimum absolute atomic E-state index is 0.100. The van der Waals surface area contributed by atoms with Crippen LogP contribution in [-0.4, -0.2) is 31.1 Å². The number of nitrogens with zero attached hydrogens (tertiary/aromatic N) is 1. The second kappa shape index (κ2) is 9.66. The maximum atomic E-state index is 12.7. The van der Waals surface area contributed by atoms with Gasteiger partial charge in [0.1, 0.15) is 5.75 Å². The molecule has 2 aromatic rings. The molecule has 0 saturated carbocycles. The molecule has 0 radical (unpaired) electrons. The molecular weight excluding hydrogens is 324 g/mol. The van der Waals surface area contributed by atoms with Gasteiger partial charge in [-0.2, -0.15) is 0 Å². The van der Waals surface area contributed by atoms with Crippen LogP contribution in [0.5, 0.6) is 5.75 Å². The quantitative estimate of drug-likeness (QED) is 0.711. The van der Waals surface area contributed by atoms with Crippen molar-refractivity contribution >= 4 is 6.03 Å². The Morgan fingerprint density at radius 2 is 2.00 bits per heavy atom. The molecule has 0 aliphatic carbocycles. The first-order valence-electron chi connectivity index (χ1n) is 8.90. The molecule has 0 aliphatic rings. The molecule has 0 bridgehead atoms. The summed E-state index contributed by atoms with van der Waals surface area (Å²) >= 11 is 0. The zero-order valence-electron chi connectivity index (χ0n) is 15.9. The predicted molar refractivity (Wildman–Crippen MR) is 107 cm³/mol. The summed E-state index contributed by atoms with van der Waals surface area (Å²) in [5.41, 5.74) is 3.32. The Hall–Kier alpha value is -2.75. The van der Waals surface area contributed by atoms with Crippen LogP contribution in [0.25, 0.3) is 0 Å². The molecule has 0 spiro atoms. The van der Waals surface area contributed by atoms with E-state index in [2.05, 4.69) is 24.0 Å². The first-order valence-corrected chi connectivity index (χ1v) is 8.90. The molecule has 0 heterocycles. The third-order valence-electron chi connectivity index (χ3n) is 4.34. The number of urea groups is 1. The Morgan fingerprint density at radius 1 is 1.27 bits per heavy atom. The van der Waals surface area contributed by atoms with Crippen molar-refractivity contribution in [1.82, 2.24) is 10.2 Å². The summed E-state index contributed by atoms with van der Waals surface area (Å²) in [4.78, 5) is 14.5. The van der Waals surface area contributed by atoms with Gasteiger partial charge >= 0.3 is 6.03 Å². The van der Waals surface area contributed by atoms with Gasteiger partial charge in [-0.25, -0.2) is 4.79 Å². The van der Waals surface area contributed by atoms with Gasteiger partial charge in [0, 0.05) is 18.7 Å². The molecule has 2 amide bonds. The summed E-state index contributed by atoms with van der Waals surface area (Å²) in [6.07, 6.45) is 2.56. The molecule has 138 valence electrons. The Morgan fingerprint density at radius 3 is 2.65 bits per heavy atom. The minimum Gasteiger partial charge on any atom is -0.496 e. The molecule has 0 aliphatic heterocycles. The van der Waals surface area contributed by atoms with Crippen molar-refractivity contribution in [2.45, 2.75) is 26.3 Å². The summed E-state index contributed by atoms with van der Waals surface area (Å²) in [6, 6.07) is 15.9. The van der Waals surface area contributed by atoms with E-state index in [1.165, 1.54) is 5.56 Å². The third-order valence-corrected chi connectivity index (χ3v) is 4.34. The van der Waals surface area contributed by atoms with Gasteiger partial charge in [0.2, 0.25) is 0 Å². The fourth-order valence-electron chi connectivity index (χ4n) is 2.89. The average molecular weight is 352 g/mol. The van der Waals surface area contributed by atoms with Gasteiger partial charge in [0.15, 0.2) is 0 Å². The lowest BCUT2D eigenvalue weighted by Crippen LogP contribution is -2.42. The van der Waals surface area contributed by atoms with Crippen LogP contribution in [0.15, 0.2) is 61.2 Å². The number of aryl methyl sites for hydroxylation is 1. The summed E-state index contributed by atoms with van der Waals surface area (Å²) in [7, 11) is 1.65. The molecule has 0 aromatic heterocycles. The molecule has 4 nitrogen and oxygen atoms in total. The van der Waals surface area contributed by atoms with E-state index >= 15 is 0 Å². The Labute approximate surface area is 156 Å². The highest BCUT2D eigenvalue weighted by Crippen LogP contribution is 2.26. The molecule has 4 heteroatoms. The topological polar surface area (TPSA) is 41.6 Å². The van der Waals surface area contributed by atoms with E-state index in [0.29, 0.717) is 13.1 Å². The first kappa shape index (κ1) is 19.6. The lowest BCUT2D eigenvalue weighted by atomic mass is 10.0. The van der Waals surface area contributed by atoms with Gasteiger partial charge in [-0.15, -0.1) is 6.58 Å². The monoisotopic (exact) mass is 352 g/mol. The zero-order chi connectivity index (χ0) is 18.9. The highest BCUT2D eigenvalue weighted by Gasteiger charge is 2.18. The van der Waals surface area contributed by atoms with E-state index in [4.69, 9.17) is 4.74 Å². The lowest BCUT2D eigenvalue weighted by Gasteiger charge is -2.25. The molecule has 2 rings (SSSR count). The van der Waals surface area contributed by atoms with E-state index in [9.17, 15) is 4.79 Å². The largest absolute Gasteiger partial charge is 0.496 e. The lowest BCUT2D eigenvalue weighted by molar-refractivity contribution is 0.200. The summed E-state index contributed by atoms with van der Waals surface area (Å²) < 4.78 is 5.44. The van der Waals surface area contributed by atoms with Crippen LogP contribution in [0.4, 0.5) is 4.79 Å². The number of amides is 2. The summed E-state index contributed by atoms with van der Waals surface area (Å²) in [5, 5.41) is 3.08. The smallest absolute Gasteiger partial charge is 0.318 e. The number of carbonyl (C=O) groups excluding carboxylic acids is 1. The van der Waals surface area contributed by atoms with Crippen LogP contribution >= 0.6 is 0 Å². The van der Waals surface area contributed by atoms with Crippen LogP contribution in [0.1, 0.15) is 29.7 Å². The van der Waals surface area contributed by atoms with E-state index in [1.54, 1.807) is 18.1 Å². The molecule has 1 atom stereocenters. The van der Waals surface area contributed by atoms with Crippen molar-refractivity contribution in [3.63, 3.8) is 0 Å². The van der Waals surface area contributed by atoms with Crippen molar-refractivity contribution in [2.75, 3.05) is 20.2 Å². The van der Waals surface area contributed by atoms with Crippen LogP contribution in [0.3, 0.4) is 0 Å². The fourth-order valence-corrected chi connectivity index (χ4v) is 2.89. The minimum atomic E-state index is -0.151. The van der Waals surface area contributed by atoms with Crippen LogP contribution < -0.4 is 10.1 Å². The Kier molecular flexibility index (Phi) is 7.27. The predicted octanol–water partition coefficient (Wildman–Crippen LogP) is 4.50. The normalized spacial score (nSPS) is 11.5. The first-order chi connectivity index (χ1) is 12.5. The standard InChI is InChI=1S/C22H28N2O2/c1-5-14-24(15-13-19-9-7-6-8-10-19)22(25)23-18(3)20-16-17(2)11-12-21(20)26-4/h5-12,16,18H,1,13-15H2,2-4H3,(H,23,25). The number of hydrogen-bond donors (Lipinski definition) is 1. The molecular formula is C22H28N2O2. The number of hydrogen-bond acceptors (Lipinski definition) is 2. The SMILES string of the molecule is C=CCN(CCc1ccccc1)C(=O)NC(C)c1cc(C)ccc1OC. The van der Waals surface area contributed by atoms with E-state index in [0.717, 1.165) is 23.3 Å². The highest BCUT2D eigenvalue weighted by atomic mass is 16.5. The second-order valence-electron chi connectivity index (χ2n) is 6.39. The van der Waals surface area contributed by atoms with Crippen LogP contribution in [0, 0.1) is 6.92 Å². The molecule has 0 saturated heterocycles. The van der Waals surface area contributed by atoms with E-state index in [1.807, 2.05) is 50.2 Å². The van der Waals surface area contributed by atoms with E-state index < -0.39 is 0 Å². The van der Waals surface area contributed by atoms with Crippen molar-refractivity contribution in [1.29, 1.82) is 0 Å². The van der Waals surface area contributed by atoms with Gasteiger partial charge < -0.3 is 15.0 Å². The second-order valence-corrected chi connectivity index (χ2v) is 6.39. The molecule has 1 N–H and O–H groups in total. The zero-order valence-corrected chi connectivity index (χ0v) is 15.9. The van der Waals surface area contributed by atoms with Gasteiger partial charge in [-0.3, -0.25) is 0 Å². The maximum absolute atomic E-state index is 12.7. The average Bonchev–Trinajstić information content (AvgIpc) is 2.65.